The van der Waals surface area contributed by atoms with Crippen molar-refractivity contribution in [2.45, 2.75) is 19.4 Å². The Balaban J connectivity index is 1.64. The van der Waals surface area contributed by atoms with Crippen LogP contribution < -0.4 is 14.2 Å². The molecular formula is C27H26N2O7. The second-order valence-corrected chi connectivity index (χ2v) is 8.20. The van der Waals surface area contributed by atoms with Gasteiger partial charge in [-0.1, -0.05) is 30.3 Å². The molecule has 3 aromatic rings. The molecule has 1 unspecified atom stereocenters. The van der Waals surface area contributed by atoms with Gasteiger partial charge in [0.05, 0.1) is 18.9 Å². The number of aromatic hydroxyl groups is 1. The van der Waals surface area contributed by atoms with Crippen molar-refractivity contribution in [1.82, 2.24) is 5.01 Å². The lowest BCUT2D eigenvalue weighted by atomic mass is 9.95. The maximum absolute atomic E-state index is 13.2. The number of nitrogens with zero attached hydrogens (tertiary/aromatic N) is 2. The third-order valence-electron chi connectivity index (χ3n) is 5.72. The Morgan fingerprint density at radius 3 is 2.39 bits per heavy atom. The van der Waals surface area contributed by atoms with Gasteiger partial charge in [0.25, 0.3) is 5.91 Å². The molecule has 1 atom stereocenters. The number of phenolic OH excluding ortho intramolecular Hbond substituents is 1. The molecule has 1 aliphatic rings. The fraction of sp³-hybridized carbons (Fsp3) is 0.222. The van der Waals surface area contributed by atoms with Crippen LogP contribution in [0.3, 0.4) is 0 Å². The van der Waals surface area contributed by atoms with Crippen LogP contribution in [0.2, 0.25) is 0 Å². The number of aliphatic carboxylic acids is 1. The standard InChI is InChI=1S/C27H26N2O7/c1-17-12-25(36-16-27(32)33)24(34-2)13-21(17)22-14-23(18-8-10-19(30)11-9-18)29(28-22)26(31)15-35-20-6-4-3-5-7-20/h3-13,23,30H,14-16H2,1-2H3,(H,32,33). The monoisotopic (exact) mass is 490 g/mol. The van der Waals surface area contributed by atoms with Crippen LogP contribution in [0.25, 0.3) is 0 Å². The molecule has 1 aliphatic heterocycles. The summed E-state index contributed by atoms with van der Waals surface area (Å²) in [7, 11) is 1.47. The summed E-state index contributed by atoms with van der Waals surface area (Å²) in [5.41, 5.74) is 3.00. The summed E-state index contributed by atoms with van der Waals surface area (Å²) in [4.78, 5) is 24.1. The highest BCUT2D eigenvalue weighted by Gasteiger charge is 2.34. The van der Waals surface area contributed by atoms with Crippen LogP contribution in [0.4, 0.5) is 0 Å². The number of hydrogen-bond donors (Lipinski definition) is 2. The number of ether oxygens (including phenoxy) is 3. The molecule has 0 radical (unpaired) electrons. The van der Waals surface area contributed by atoms with Gasteiger partial charge in [0.15, 0.2) is 24.7 Å². The summed E-state index contributed by atoms with van der Waals surface area (Å²) in [6.45, 7) is 1.16. The van der Waals surface area contributed by atoms with Crippen molar-refractivity contribution in [3.05, 3.63) is 83.4 Å². The first kappa shape index (κ1) is 24.6. The van der Waals surface area contributed by atoms with E-state index in [-0.39, 0.29) is 18.3 Å². The van der Waals surface area contributed by atoms with Gasteiger partial charge in [0, 0.05) is 12.0 Å². The molecule has 0 spiro atoms. The maximum atomic E-state index is 13.2. The van der Waals surface area contributed by atoms with Crippen LogP contribution in [0.1, 0.15) is 29.2 Å². The summed E-state index contributed by atoms with van der Waals surface area (Å²) < 4.78 is 16.4. The van der Waals surface area contributed by atoms with Gasteiger partial charge in [-0.2, -0.15) is 5.10 Å². The zero-order chi connectivity index (χ0) is 25.7. The molecule has 0 fully saturated rings. The maximum Gasteiger partial charge on any atom is 0.341 e. The number of benzene rings is 3. The minimum atomic E-state index is -1.09. The van der Waals surface area contributed by atoms with E-state index in [9.17, 15) is 14.7 Å². The van der Waals surface area contributed by atoms with Gasteiger partial charge in [-0.05, 0) is 54.4 Å². The molecule has 4 rings (SSSR count). The van der Waals surface area contributed by atoms with E-state index in [0.29, 0.717) is 29.4 Å². The summed E-state index contributed by atoms with van der Waals surface area (Å²) in [6.07, 6.45) is 0.418. The molecule has 9 heteroatoms. The van der Waals surface area contributed by atoms with Crippen molar-refractivity contribution >= 4 is 17.6 Å². The van der Waals surface area contributed by atoms with Gasteiger partial charge in [-0.15, -0.1) is 0 Å². The highest BCUT2D eigenvalue weighted by molar-refractivity contribution is 6.04. The van der Waals surface area contributed by atoms with Crippen LogP contribution in [0.15, 0.2) is 71.8 Å². The lowest BCUT2D eigenvalue weighted by Gasteiger charge is -2.22. The number of methoxy groups -OCH3 is 1. The largest absolute Gasteiger partial charge is 0.508 e. The Morgan fingerprint density at radius 2 is 1.72 bits per heavy atom. The number of carbonyl (C=O) groups excluding carboxylic acids is 1. The fourth-order valence-corrected chi connectivity index (χ4v) is 3.97. The summed E-state index contributed by atoms with van der Waals surface area (Å²) in [6, 6.07) is 18.7. The minimum Gasteiger partial charge on any atom is -0.508 e. The number of rotatable bonds is 9. The van der Waals surface area contributed by atoms with E-state index in [4.69, 9.17) is 19.3 Å². The molecular weight excluding hydrogens is 464 g/mol. The number of para-hydroxylation sites is 1. The average Bonchev–Trinajstić information content (AvgIpc) is 3.32. The second-order valence-electron chi connectivity index (χ2n) is 8.20. The van der Waals surface area contributed by atoms with E-state index in [0.717, 1.165) is 16.7 Å². The SMILES string of the molecule is COc1cc(C2=NN(C(=O)COc3ccccc3)C(c3ccc(O)cc3)C2)c(C)cc1OCC(=O)O. The molecule has 1 amide bonds. The first-order chi connectivity index (χ1) is 17.4. The molecule has 2 N–H and O–H groups in total. The number of carboxylic acids is 1. The molecule has 0 aromatic heterocycles. The van der Waals surface area contributed by atoms with Gasteiger partial charge in [0.1, 0.15) is 11.5 Å². The van der Waals surface area contributed by atoms with Crippen LogP contribution >= 0.6 is 0 Å². The number of phenols is 1. The Labute approximate surface area is 208 Å². The topological polar surface area (TPSA) is 118 Å². The molecule has 9 nitrogen and oxygen atoms in total. The Hall–Kier alpha value is -4.53. The van der Waals surface area contributed by atoms with Gasteiger partial charge >= 0.3 is 5.97 Å². The zero-order valence-corrected chi connectivity index (χ0v) is 19.9. The summed E-state index contributed by atoms with van der Waals surface area (Å²) in [5.74, 6) is -0.0499. The van der Waals surface area contributed by atoms with E-state index in [1.165, 1.54) is 12.1 Å². The molecule has 186 valence electrons. The summed E-state index contributed by atoms with van der Waals surface area (Å²) >= 11 is 0. The van der Waals surface area contributed by atoms with Crippen LogP contribution in [-0.4, -0.2) is 53.1 Å². The Kier molecular flexibility index (Phi) is 7.39. The van der Waals surface area contributed by atoms with E-state index in [2.05, 4.69) is 5.10 Å². The van der Waals surface area contributed by atoms with Crippen molar-refractivity contribution in [3.63, 3.8) is 0 Å². The number of carboxylic acid groups (broad SMARTS) is 1. The van der Waals surface area contributed by atoms with Gasteiger partial charge in [0.2, 0.25) is 0 Å². The lowest BCUT2D eigenvalue weighted by molar-refractivity contribution is -0.139. The molecule has 0 saturated carbocycles. The van der Waals surface area contributed by atoms with Crippen molar-refractivity contribution in [2.24, 2.45) is 5.10 Å². The van der Waals surface area contributed by atoms with Crippen molar-refractivity contribution in [2.75, 3.05) is 20.3 Å². The number of aryl methyl sites for hydroxylation is 1. The number of hydrogen-bond acceptors (Lipinski definition) is 7. The molecule has 36 heavy (non-hydrogen) atoms. The van der Waals surface area contributed by atoms with E-state index in [1.807, 2.05) is 25.1 Å². The van der Waals surface area contributed by atoms with E-state index in [1.54, 1.807) is 48.5 Å². The predicted molar refractivity (Wildman–Crippen MR) is 132 cm³/mol. The zero-order valence-electron chi connectivity index (χ0n) is 19.9. The van der Waals surface area contributed by atoms with Crippen LogP contribution in [0, 0.1) is 6.92 Å². The third-order valence-corrected chi connectivity index (χ3v) is 5.72. The fourth-order valence-electron chi connectivity index (χ4n) is 3.97. The lowest BCUT2D eigenvalue weighted by Crippen LogP contribution is -2.31. The van der Waals surface area contributed by atoms with Crippen molar-refractivity contribution in [3.8, 4) is 23.0 Å². The Morgan fingerprint density at radius 1 is 1.00 bits per heavy atom. The van der Waals surface area contributed by atoms with Crippen molar-refractivity contribution in [1.29, 1.82) is 0 Å². The third kappa shape index (κ3) is 5.57. The first-order valence-electron chi connectivity index (χ1n) is 11.3. The normalized spacial score (nSPS) is 14.8. The summed E-state index contributed by atoms with van der Waals surface area (Å²) in [5, 5.41) is 24.7. The molecule has 3 aromatic carbocycles. The first-order valence-corrected chi connectivity index (χ1v) is 11.3. The van der Waals surface area contributed by atoms with E-state index >= 15 is 0 Å². The van der Waals surface area contributed by atoms with Crippen LogP contribution in [-0.2, 0) is 9.59 Å². The quantitative estimate of drug-likeness (QED) is 0.467. The minimum absolute atomic E-state index is 0.126. The van der Waals surface area contributed by atoms with Gasteiger partial charge in [-0.3, -0.25) is 4.79 Å². The smallest absolute Gasteiger partial charge is 0.341 e. The van der Waals surface area contributed by atoms with Gasteiger partial charge in [-0.25, -0.2) is 9.80 Å². The van der Waals surface area contributed by atoms with E-state index < -0.39 is 18.6 Å². The molecule has 0 saturated heterocycles. The number of amides is 1. The second kappa shape index (κ2) is 10.8. The molecule has 0 aliphatic carbocycles. The van der Waals surface area contributed by atoms with Crippen LogP contribution in [0.5, 0.6) is 23.0 Å². The Bertz CT molecular complexity index is 1270. The van der Waals surface area contributed by atoms with Crippen molar-refractivity contribution < 1.29 is 34.0 Å². The predicted octanol–water partition coefficient (Wildman–Crippen LogP) is 3.93. The number of hydrazone groups is 1. The highest BCUT2D eigenvalue weighted by atomic mass is 16.5. The molecule has 0 bridgehead atoms. The van der Waals surface area contributed by atoms with Gasteiger partial charge < -0.3 is 24.4 Å². The highest BCUT2D eigenvalue weighted by Crippen LogP contribution is 2.37. The molecule has 1 heterocycles. The average molecular weight is 491 g/mol. The number of carbonyl (C=O) groups is 2.